The van der Waals surface area contributed by atoms with Crippen LogP contribution in [0.3, 0.4) is 0 Å². The number of nitrogens with zero attached hydrogens (tertiary/aromatic N) is 4. The van der Waals surface area contributed by atoms with Gasteiger partial charge in [-0.25, -0.2) is 9.36 Å². The first-order valence-electron chi connectivity index (χ1n) is 11.8. The third-order valence-corrected chi connectivity index (χ3v) is 6.08. The number of aldehydes is 1. The Hall–Kier alpha value is -3.61. The predicted molar refractivity (Wildman–Crippen MR) is 133 cm³/mol. The average molecular weight is 546 g/mol. The van der Waals surface area contributed by atoms with E-state index in [2.05, 4.69) is 19.5 Å². The van der Waals surface area contributed by atoms with Crippen molar-refractivity contribution in [3.63, 3.8) is 0 Å². The van der Waals surface area contributed by atoms with Crippen molar-refractivity contribution in [1.82, 2.24) is 19.7 Å². The summed E-state index contributed by atoms with van der Waals surface area (Å²) in [4.78, 5) is 49.2. The van der Waals surface area contributed by atoms with Gasteiger partial charge in [-0.15, -0.1) is 0 Å². The fourth-order valence-electron chi connectivity index (χ4n) is 3.88. The molecule has 0 radical (unpaired) electrons. The molecule has 4 rings (SSSR count). The number of pyridine rings is 1. The van der Waals surface area contributed by atoms with Gasteiger partial charge in [0.05, 0.1) is 43.0 Å². The number of hydrogen-bond acceptors (Lipinski definition) is 10. The minimum absolute atomic E-state index is 0.0499. The fraction of sp³-hybridized carbons (Fsp3) is 0.333. The maximum Gasteiger partial charge on any atom is 0.524 e. The van der Waals surface area contributed by atoms with Gasteiger partial charge in [-0.05, 0) is 30.7 Å². The second-order valence-corrected chi connectivity index (χ2v) is 9.38. The molecule has 1 saturated heterocycles. The zero-order valence-corrected chi connectivity index (χ0v) is 21.2. The molecule has 1 aliphatic heterocycles. The van der Waals surface area contributed by atoms with Crippen molar-refractivity contribution in [2.45, 2.75) is 13.0 Å². The lowest BCUT2D eigenvalue weighted by molar-refractivity contribution is 0.0344. The van der Waals surface area contributed by atoms with Gasteiger partial charge in [0.2, 0.25) is 0 Å². The number of carbonyl (C=O) groups is 2. The highest BCUT2D eigenvalue weighted by atomic mass is 31.2. The predicted octanol–water partition coefficient (Wildman–Crippen LogP) is 2.52. The Kier molecular flexibility index (Phi) is 9.21. The topological polar surface area (TPSA) is 163 Å². The van der Waals surface area contributed by atoms with Gasteiger partial charge in [0, 0.05) is 31.4 Å². The molecular weight excluding hydrogens is 519 g/mol. The number of aromatic nitrogens is 3. The van der Waals surface area contributed by atoms with Crippen molar-refractivity contribution >= 4 is 20.2 Å². The summed E-state index contributed by atoms with van der Waals surface area (Å²) in [7, 11) is -4.88. The summed E-state index contributed by atoms with van der Waals surface area (Å²) in [5, 5.41) is 4.09. The largest absolute Gasteiger partial charge is 0.524 e. The summed E-state index contributed by atoms with van der Waals surface area (Å²) in [5.41, 5.74) is 1.20. The van der Waals surface area contributed by atoms with Gasteiger partial charge in [-0.3, -0.25) is 24.5 Å². The molecule has 0 spiro atoms. The van der Waals surface area contributed by atoms with E-state index in [0.29, 0.717) is 42.9 Å². The molecule has 2 N–H and O–H groups in total. The van der Waals surface area contributed by atoms with Crippen LogP contribution in [0.5, 0.6) is 11.5 Å². The van der Waals surface area contributed by atoms with Gasteiger partial charge in [-0.2, -0.15) is 9.78 Å². The van der Waals surface area contributed by atoms with E-state index in [-0.39, 0.29) is 30.3 Å². The van der Waals surface area contributed by atoms with Crippen LogP contribution >= 0.6 is 7.82 Å². The maximum atomic E-state index is 12.7. The molecule has 0 saturated carbocycles. The Morgan fingerprint density at radius 3 is 2.66 bits per heavy atom. The van der Waals surface area contributed by atoms with E-state index in [0.717, 1.165) is 24.3 Å². The standard InChI is InChI=1S/C24H27N4O9P/c29-16-19-21(5-1-6-22(19)37-38(31,32)33)36-17-18-4-2-8-25-23(18)20-7-9-26-28(20)24(30)35-13-3-10-27-11-14-34-15-12-27/h1-2,4-9,16H,3,10-15,17H2,(H2,31,32,33). The summed E-state index contributed by atoms with van der Waals surface area (Å²) in [6.07, 6.45) is 3.42. The van der Waals surface area contributed by atoms with Crippen LogP contribution in [0.25, 0.3) is 11.4 Å². The number of hydrogen-bond donors (Lipinski definition) is 2. The minimum atomic E-state index is -4.88. The smallest absolute Gasteiger partial charge is 0.488 e. The molecule has 1 fully saturated rings. The quantitative estimate of drug-likeness (QED) is 0.206. The third kappa shape index (κ3) is 7.24. The van der Waals surface area contributed by atoms with Gasteiger partial charge in [-0.1, -0.05) is 12.1 Å². The lowest BCUT2D eigenvalue weighted by Crippen LogP contribution is -2.37. The molecule has 14 heteroatoms. The van der Waals surface area contributed by atoms with Crippen LogP contribution in [0.15, 0.2) is 48.8 Å². The van der Waals surface area contributed by atoms with Crippen LogP contribution < -0.4 is 9.26 Å². The van der Waals surface area contributed by atoms with Crippen molar-refractivity contribution in [2.75, 3.05) is 39.5 Å². The van der Waals surface area contributed by atoms with Gasteiger partial charge >= 0.3 is 13.9 Å². The third-order valence-electron chi connectivity index (χ3n) is 5.64. The Morgan fingerprint density at radius 2 is 1.89 bits per heavy atom. The van der Waals surface area contributed by atoms with E-state index in [1.807, 2.05) is 0 Å². The summed E-state index contributed by atoms with van der Waals surface area (Å²) in [6.45, 7) is 4.07. The number of ether oxygens (including phenoxy) is 3. The lowest BCUT2D eigenvalue weighted by atomic mass is 10.1. The van der Waals surface area contributed by atoms with E-state index in [1.54, 1.807) is 24.4 Å². The van der Waals surface area contributed by atoms with Gasteiger partial charge in [0.15, 0.2) is 6.29 Å². The molecule has 2 aromatic heterocycles. The van der Waals surface area contributed by atoms with Gasteiger partial charge in [0.1, 0.15) is 18.1 Å². The minimum Gasteiger partial charge on any atom is -0.488 e. The molecule has 3 heterocycles. The molecule has 1 aromatic carbocycles. The molecule has 0 aliphatic carbocycles. The average Bonchev–Trinajstić information content (AvgIpc) is 3.40. The van der Waals surface area contributed by atoms with E-state index in [1.165, 1.54) is 24.4 Å². The highest BCUT2D eigenvalue weighted by Gasteiger charge is 2.22. The highest BCUT2D eigenvalue weighted by Crippen LogP contribution is 2.41. The van der Waals surface area contributed by atoms with Crippen LogP contribution in [0.2, 0.25) is 0 Å². The van der Waals surface area contributed by atoms with Crippen LogP contribution in [-0.2, 0) is 20.6 Å². The summed E-state index contributed by atoms with van der Waals surface area (Å²) < 4.78 is 33.5. The first-order valence-corrected chi connectivity index (χ1v) is 13.3. The molecule has 202 valence electrons. The molecule has 3 aromatic rings. The van der Waals surface area contributed by atoms with Crippen molar-refractivity contribution in [3.05, 3.63) is 59.9 Å². The fourth-order valence-corrected chi connectivity index (χ4v) is 4.29. The second-order valence-electron chi connectivity index (χ2n) is 8.22. The van der Waals surface area contributed by atoms with Crippen LogP contribution in [0.1, 0.15) is 22.3 Å². The Morgan fingerprint density at radius 1 is 1.11 bits per heavy atom. The number of phosphoric acid groups is 1. The Balaban J connectivity index is 1.44. The molecule has 0 unspecified atom stereocenters. The maximum absolute atomic E-state index is 12.7. The van der Waals surface area contributed by atoms with Crippen LogP contribution in [-0.4, -0.2) is 81.3 Å². The molecular formula is C24H27N4O9P. The number of benzene rings is 1. The van der Waals surface area contributed by atoms with Crippen LogP contribution in [0, 0.1) is 0 Å². The molecule has 38 heavy (non-hydrogen) atoms. The number of rotatable bonds is 11. The Labute approximate surface area is 218 Å². The molecule has 13 nitrogen and oxygen atoms in total. The van der Waals surface area contributed by atoms with E-state index in [9.17, 15) is 14.2 Å². The van der Waals surface area contributed by atoms with Crippen molar-refractivity contribution in [2.24, 2.45) is 0 Å². The first-order chi connectivity index (χ1) is 18.4. The molecule has 0 bridgehead atoms. The SMILES string of the molecule is O=Cc1c(OCc2cccnc2-c2ccnn2C(=O)OCCCN2CCOCC2)cccc1OP(=O)(O)O. The Bertz CT molecular complexity index is 1300. The number of carbonyl (C=O) groups excluding carboxylic acids is 2. The normalized spacial score (nSPS) is 14.2. The van der Waals surface area contributed by atoms with Crippen molar-refractivity contribution in [1.29, 1.82) is 0 Å². The number of morpholine rings is 1. The van der Waals surface area contributed by atoms with Crippen LogP contribution in [0.4, 0.5) is 4.79 Å². The second kappa shape index (κ2) is 12.8. The molecule has 0 atom stereocenters. The number of phosphoric ester groups is 1. The molecule has 0 amide bonds. The summed E-state index contributed by atoms with van der Waals surface area (Å²) in [5.74, 6) is -0.263. The van der Waals surface area contributed by atoms with Crippen molar-refractivity contribution in [3.8, 4) is 22.9 Å². The van der Waals surface area contributed by atoms with Crippen molar-refractivity contribution < 1.29 is 42.7 Å². The molecule has 1 aliphatic rings. The van der Waals surface area contributed by atoms with E-state index in [4.69, 9.17) is 24.0 Å². The summed E-state index contributed by atoms with van der Waals surface area (Å²) in [6, 6.07) is 9.17. The summed E-state index contributed by atoms with van der Waals surface area (Å²) >= 11 is 0. The van der Waals surface area contributed by atoms with Gasteiger partial charge in [0.25, 0.3) is 0 Å². The highest BCUT2D eigenvalue weighted by molar-refractivity contribution is 7.46. The van der Waals surface area contributed by atoms with E-state index < -0.39 is 13.9 Å². The monoisotopic (exact) mass is 546 g/mol. The zero-order valence-electron chi connectivity index (χ0n) is 20.3. The lowest BCUT2D eigenvalue weighted by Gasteiger charge is -2.26. The van der Waals surface area contributed by atoms with Gasteiger partial charge < -0.3 is 18.7 Å². The zero-order chi connectivity index (χ0) is 27.0. The first kappa shape index (κ1) is 27.4. The van der Waals surface area contributed by atoms with E-state index >= 15 is 0 Å².